The molecule has 2 atom stereocenters. The second kappa shape index (κ2) is 4.31. The Balaban J connectivity index is 2.27. The fourth-order valence-electron chi connectivity index (χ4n) is 2.46. The van der Waals surface area contributed by atoms with Crippen molar-refractivity contribution in [1.29, 1.82) is 0 Å². The van der Waals surface area contributed by atoms with E-state index >= 15 is 0 Å². The maximum atomic E-state index is 13.0. The zero-order valence-corrected chi connectivity index (χ0v) is 9.39. The Hall–Kier alpha value is -0.890. The molecular formula is C13H18FN. The summed E-state index contributed by atoms with van der Waals surface area (Å²) in [4.78, 5) is 0. The Morgan fingerprint density at radius 2 is 2.20 bits per heavy atom. The third-order valence-corrected chi connectivity index (χ3v) is 3.46. The van der Waals surface area contributed by atoms with Gasteiger partial charge in [-0.15, -0.1) is 0 Å². The van der Waals surface area contributed by atoms with Crippen LogP contribution in [0.5, 0.6) is 0 Å². The van der Waals surface area contributed by atoms with Gasteiger partial charge in [-0.1, -0.05) is 13.0 Å². The smallest absolute Gasteiger partial charge is 0.123 e. The Kier molecular flexibility index (Phi) is 3.06. The van der Waals surface area contributed by atoms with Gasteiger partial charge in [-0.25, -0.2) is 4.39 Å². The van der Waals surface area contributed by atoms with E-state index in [1.807, 2.05) is 13.0 Å². The number of piperidine rings is 1. The lowest BCUT2D eigenvalue weighted by Crippen LogP contribution is -2.34. The van der Waals surface area contributed by atoms with Gasteiger partial charge >= 0.3 is 0 Å². The lowest BCUT2D eigenvalue weighted by atomic mass is 9.81. The van der Waals surface area contributed by atoms with E-state index in [1.54, 1.807) is 12.1 Å². The molecule has 0 saturated carbocycles. The van der Waals surface area contributed by atoms with E-state index in [2.05, 4.69) is 12.2 Å². The van der Waals surface area contributed by atoms with E-state index in [0.29, 0.717) is 11.8 Å². The van der Waals surface area contributed by atoms with Crippen LogP contribution in [0.2, 0.25) is 0 Å². The third-order valence-electron chi connectivity index (χ3n) is 3.46. The fraction of sp³-hybridized carbons (Fsp3) is 0.538. The van der Waals surface area contributed by atoms with Gasteiger partial charge in [0, 0.05) is 6.54 Å². The highest BCUT2D eigenvalue weighted by molar-refractivity contribution is 5.31. The first-order valence-electron chi connectivity index (χ1n) is 5.65. The molecule has 2 unspecified atom stereocenters. The van der Waals surface area contributed by atoms with E-state index in [1.165, 1.54) is 12.0 Å². The number of aryl methyl sites for hydroxylation is 1. The van der Waals surface area contributed by atoms with Crippen molar-refractivity contribution in [3.05, 3.63) is 35.1 Å². The predicted molar refractivity (Wildman–Crippen MR) is 60.5 cm³/mol. The summed E-state index contributed by atoms with van der Waals surface area (Å²) in [5.41, 5.74) is 2.38. The van der Waals surface area contributed by atoms with Gasteiger partial charge < -0.3 is 5.32 Å². The number of hydrogen-bond acceptors (Lipinski definition) is 1. The molecule has 1 fully saturated rings. The normalized spacial score (nSPS) is 26.6. The lowest BCUT2D eigenvalue weighted by Gasteiger charge is -2.30. The topological polar surface area (TPSA) is 12.0 Å². The highest BCUT2D eigenvalue weighted by atomic mass is 19.1. The summed E-state index contributed by atoms with van der Waals surface area (Å²) in [6.45, 7) is 6.42. The quantitative estimate of drug-likeness (QED) is 0.746. The third kappa shape index (κ3) is 2.20. The molecule has 1 aromatic rings. The number of halogens is 1. The van der Waals surface area contributed by atoms with Crippen molar-refractivity contribution in [2.45, 2.75) is 26.2 Å². The SMILES string of the molecule is Cc1cc(F)ccc1C1CNCCC1C. The molecule has 15 heavy (non-hydrogen) atoms. The van der Waals surface area contributed by atoms with Crippen LogP contribution < -0.4 is 5.32 Å². The summed E-state index contributed by atoms with van der Waals surface area (Å²) >= 11 is 0. The summed E-state index contributed by atoms with van der Waals surface area (Å²) in [6, 6.07) is 5.15. The molecule has 0 radical (unpaired) electrons. The van der Waals surface area contributed by atoms with Crippen molar-refractivity contribution < 1.29 is 4.39 Å². The first-order valence-corrected chi connectivity index (χ1v) is 5.65. The first kappa shape index (κ1) is 10.6. The van der Waals surface area contributed by atoms with E-state index in [9.17, 15) is 4.39 Å². The van der Waals surface area contributed by atoms with Gasteiger partial charge in [0.1, 0.15) is 5.82 Å². The number of hydrogen-bond donors (Lipinski definition) is 1. The van der Waals surface area contributed by atoms with Gasteiger partial charge in [0.05, 0.1) is 0 Å². The summed E-state index contributed by atoms with van der Waals surface area (Å²) in [5, 5.41) is 3.41. The van der Waals surface area contributed by atoms with Crippen LogP contribution in [0.25, 0.3) is 0 Å². The molecular weight excluding hydrogens is 189 g/mol. The molecule has 1 N–H and O–H groups in total. The summed E-state index contributed by atoms with van der Waals surface area (Å²) < 4.78 is 13.0. The molecule has 82 valence electrons. The molecule has 1 aliphatic heterocycles. The molecule has 2 rings (SSSR count). The van der Waals surface area contributed by atoms with Crippen molar-refractivity contribution in [3.8, 4) is 0 Å². The van der Waals surface area contributed by atoms with E-state index in [0.717, 1.165) is 18.7 Å². The van der Waals surface area contributed by atoms with Crippen LogP contribution in [0, 0.1) is 18.7 Å². The summed E-state index contributed by atoms with van der Waals surface area (Å²) in [7, 11) is 0. The van der Waals surface area contributed by atoms with Gasteiger partial charge in [0.25, 0.3) is 0 Å². The van der Waals surface area contributed by atoms with Crippen molar-refractivity contribution in [3.63, 3.8) is 0 Å². The molecule has 0 aromatic heterocycles. The van der Waals surface area contributed by atoms with E-state index in [-0.39, 0.29) is 5.82 Å². The lowest BCUT2D eigenvalue weighted by molar-refractivity contribution is 0.347. The molecule has 2 heteroatoms. The Labute approximate surface area is 90.7 Å². The van der Waals surface area contributed by atoms with Gasteiger partial charge in [-0.3, -0.25) is 0 Å². The summed E-state index contributed by atoms with van der Waals surface area (Å²) in [5.74, 6) is 1.10. The van der Waals surface area contributed by atoms with Gasteiger partial charge in [-0.05, 0) is 55.0 Å². The minimum Gasteiger partial charge on any atom is -0.316 e. The van der Waals surface area contributed by atoms with Crippen molar-refractivity contribution in [1.82, 2.24) is 5.32 Å². The van der Waals surface area contributed by atoms with Crippen LogP contribution in [0.1, 0.15) is 30.4 Å². The molecule has 0 spiro atoms. The van der Waals surface area contributed by atoms with Crippen molar-refractivity contribution in [2.24, 2.45) is 5.92 Å². The minimum atomic E-state index is -0.132. The number of rotatable bonds is 1. The first-order chi connectivity index (χ1) is 7.18. The van der Waals surface area contributed by atoms with Crippen LogP contribution >= 0.6 is 0 Å². The summed E-state index contributed by atoms with van der Waals surface area (Å²) in [6.07, 6.45) is 1.21. The largest absolute Gasteiger partial charge is 0.316 e. The van der Waals surface area contributed by atoms with Gasteiger partial charge in [-0.2, -0.15) is 0 Å². The maximum absolute atomic E-state index is 13.0. The Morgan fingerprint density at radius 1 is 1.40 bits per heavy atom. The highest BCUT2D eigenvalue weighted by Crippen LogP contribution is 2.30. The molecule has 1 aromatic carbocycles. The Bertz CT molecular complexity index is 348. The van der Waals surface area contributed by atoms with Gasteiger partial charge in [0.15, 0.2) is 0 Å². The molecule has 1 nitrogen and oxygen atoms in total. The second-order valence-electron chi connectivity index (χ2n) is 4.58. The Morgan fingerprint density at radius 3 is 2.87 bits per heavy atom. The van der Waals surface area contributed by atoms with Crippen molar-refractivity contribution >= 4 is 0 Å². The fourth-order valence-corrected chi connectivity index (χ4v) is 2.46. The zero-order valence-electron chi connectivity index (χ0n) is 9.39. The van der Waals surface area contributed by atoms with Crippen LogP contribution in [0.4, 0.5) is 4.39 Å². The monoisotopic (exact) mass is 207 g/mol. The number of nitrogens with one attached hydrogen (secondary N) is 1. The average molecular weight is 207 g/mol. The molecule has 0 aliphatic carbocycles. The van der Waals surface area contributed by atoms with E-state index in [4.69, 9.17) is 0 Å². The molecule has 1 aliphatic rings. The zero-order chi connectivity index (χ0) is 10.8. The highest BCUT2D eigenvalue weighted by Gasteiger charge is 2.23. The van der Waals surface area contributed by atoms with Crippen LogP contribution in [0.15, 0.2) is 18.2 Å². The van der Waals surface area contributed by atoms with Crippen LogP contribution in [0.3, 0.4) is 0 Å². The molecule has 1 heterocycles. The predicted octanol–water partition coefficient (Wildman–Crippen LogP) is 2.85. The number of benzene rings is 1. The van der Waals surface area contributed by atoms with E-state index < -0.39 is 0 Å². The van der Waals surface area contributed by atoms with Crippen molar-refractivity contribution in [2.75, 3.05) is 13.1 Å². The molecule has 0 bridgehead atoms. The standard InChI is InChI=1S/C13H18FN/c1-9-5-6-15-8-13(9)12-4-3-11(14)7-10(12)2/h3-4,7,9,13,15H,5-6,8H2,1-2H3. The average Bonchev–Trinajstić information content (AvgIpc) is 2.20. The van der Waals surface area contributed by atoms with Gasteiger partial charge in [0.2, 0.25) is 0 Å². The van der Waals surface area contributed by atoms with Crippen LogP contribution in [-0.4, -0.2) is 13.1 Å². The molecule has 1 saturated heterocycles. The second-order valence-corrected chi connectivity index (χ2v) is 4.58. The maximum Gasteiger partial charge on any atom is 0.123 e. The van der Waals surface area contributed by atoms with Crippen LogP contribution in [-0.2, 0) is 0 Å². The minimum absolute atomic E-state index is 0.132. The molecule has 0 amide bonds.